The molecule has 1 aromatic carbocycles. The van der Waals surface area contributed by atoms with E-state index < -0.39 is 5.60 Å². The Morgan fingerprint density at radius 3 is 2.83 bits per heavy atom. The minimum Gasteiger partial charge on any atom is -0.444 e. The zero-order valence-corrected chi connectivity index (χ0v) is 24.1. The summed E-state index contributed by atoms with van der Waals surface area (Å²) in [5, 5.41) is 6.42. The van der Waals surface area contributed by atoms with Gasteiger partial charge in [-0.2, -0.15) is 5.10 Å². The average Bonchev–Trinajstić information content (AvgIpc) is 3.26. The van der Waals surface area contributed by atoms with Gasteiger partial charge in [0, 0.05) is 47.8 Å². The van der Waals surface area contributed by atoms with Gasteiger partial charge >= 0.3 is 6.09 Å². The van der Waals surface area contributed by atoms with Crippen molar-refractivity contribution < 1.29 is 19.0 Å². The molecule has 200 valence electrons. The molecule has 2 aliphatic heterocycles. The molecule has 0 aliphatic carbocycles. The van der Waals surface area contributed by atoms with E-state index in [2.05, 4.69) is 21.0 Å². The van der Waals surface area contributed by atoms with E-state index in [1.165, 1.54) is 0 Å². The Hall–Kier alpha value is -1.35. The number of benzene rings is 1. The first kappa shape index (κ1) is 27.7. The lowest BCUT2D eigenvalue weighted by Gasteiger charge is -2.34. The normalized spacial score (nSPS) is 21.2. The monoisotopic (exact) mass is 583 g/mol. The maximum Gasteiger partial charge on any atom is 0.410 e. The SMILES string of the molecule is CC(C)(C)OC(=O)N1CCC[C@@H](CCOCCCc2c(Cl)cc3c(cnn3C3CCCCO3)c2Br)C1. The van der Waals surface area contributed by atoms with Crippen molar-refractivity contribution in [1.29, 1.82) is 0 Å². The van der Waals surface area contributed by atoms with Crippen LogP contribution >= 0.6 is 27.5 Å². The zero-order valence-electron chi connectivity index (χ0n) is 21.7. The molecule has 1 amide bonds. The Morgan fingerprint density at radius 2 is 2.08 bits per heavy atom. The maximum absolute atomic E-state index is 12.4. The molecule has 2 fully saturated rings. The number of ether oxygens (including phenoxy) is 3. The number of likely N-dealkylation sites (tertiary alicyclic amines) is 1. The van der Waals surface area contributed by atoms with Gasteiger partial charge in [0.05, 0.1) is 11.7 Å². The van der Waals surface area contributed by atoms with Gasteiger partial charge in [-0.15, -0.1) is 0 Å². The number of carbonyl (C=O) groups excluding carboxylic acids is 1. The van der Waals surface area contributed by atoms with E-state index in [0.29, 0.717) is 19.1 Å². The number of nitrogens with zero attached hydrogens (tertiary/aromatic N) is 3. The summed E-state index contributed by atoms with van der Waals surface area (Å²) in [6, 6.07) is 2.02. The predicted molar refractivity (Wildman–Crippen MR) is 146 cm³/mol. The molecule has 0 saturated carbocycles. The highest BCUT2D eigenvalue weighted by atomic mass is 79.9. The van der Waals surface area contributed by atoms with Crippen LogP contribution in [0.4, 0.5) is 4.79 Å². The molecule has 2 atom stereocenters. The van der Waals surface area contributed by atoms with E-state index in [4.69, 9.17) is 25.8 Å². The molecule has 36 heavy (non-hydrogen) atoms. The minimum atomic E-state index is -0.458. The number of piperidine rings is 1. The van der Waals surface area contributed by atoms with Crippen LogP contribution in [-0.2, 0) is 20.6 Å². The van der Waals surface area contributed by atoms with Crippen LogP contribution in [-0.4, -0.2) is 59.3 Å². The number of carbonyl (C=O) groups is 1. The molecule has 0 spiro atoms. The van der Waals surface area contributed by atoms with Crippen molar-refractivity contribution in [3.63, 3.8) is 0 Å². The number of fused-ring (bicyclic) bond motifs is 1. The Bertz CT molecular complexity index is 1030. The van der Waals surface area contributed by atoms with E-state index in [1.54, 1.807) is 0 Å². The lowest BCUT2D eigenvalue weighted by molar-refractivity contribution is -0.0366. The summed E-state index contributed by atoms with van der Waals surface area (Å²) < 4.78 is 20.4. The van der Waals surface area contributed by atoms with Crippen molar-refractivity contribution in [3.05, 3.63) is 27.3 Å². The maximum atomic E-state index is 12.4. The van der Waals surface area contributed by atoms with Crippen molar-refractivity contribution in [2.24, 2.45) is 5.92 Å². The highest BCUT2D eigenvalue weighted by molar-refractivity contribution is 9.10. The standard InChI is InChI=1S/C27H39BrClN3O4/c1-27(2,3)36-26(33)31-12-6-8-19(18-31)11-15-34-13-7-9-20-22(29)16-23-21(25(20)28)17-30-32(23)24-10-4-5-14-35-24/h16-17,19,24H,4-15,18H2,1-3H3/t19-,24?/m0/s1. The molecule has 9 heteroatoms. The van der Waals surface area contributed by atoms with Crippen molar-refractivity contribution in [1.82, 2.24) is 14.7 Å². The molecule has 0 bridgehead atoms. The van der Waals surface area contributed by atoms with Crippen LogP contribution in [0, 0.1) is 5.92 Å². The summed E-state index contributed by atoms with van der Waals surface area (Å²) in [6.07, 6.45) is 9.74. The van der Waals surface area contributed by atoms with E-state index >= 15 is 0 Å². The molecular formula is C27H39BrClN3O4. The molecule has 2 aromatic rings. The lowest BCUT2D eigenvalue weighted by Crippen LogP contribution is -2.43. The fourth-order valence-corrected chi connectivity index (χ4v) is 6.15. The van der Waals surface area contributed by atoms with Gasteiger partial charge in [-0.3, -0.25) is 0 Å². The first-order valence-corrected chi connectivity index (χ1v) is 14.4. The summed E-state index contributed by atoms with van der Waals surface area (Å²) in [7, 11) is 0. The van der Waals surface area contributed by atoms with Crippen LogP contribution in [0.25, 0.3) is 10.9 Å². The molecule has 3 heterocycles. The largest absolute Gasteiger partial charge is 0.444 e. The van der Waals surface area contributed by atoms with Crippen LogP contribution < -0.4 is 0 Å². The number of hydrogen-bond acceptors (Lipinski definition) is 5. The third kappa shape index (κ3) is 7.15. The number of aromatic nitrogens is 2. The molecule has 0 radical (unpaired) electrons. The lowest BCUT2D eigenvalue weighted by atomic mass is 9.95. The molecule has 1 unspecified atom stereocenters. The second-order valence-electron chi connectivity index (χ2n) is 10.9. The van der Waals surface area contributed by atoms with Gasteiger partial charge in [0.2, 0.25) is 0 Å². The molecule has 1 aromatic heterocycles. The average molecular weight is 585 g/mol. The third-order valence-electron chi connectivity index (χ3n) is 6.87. The summed E-state index contributed by atoms with van der Waals surface area (Å²) >= 11 is 10.5. The molecular weight excluding hydrogens is 546 g/mol. The van der Waals surface area contributed by atoms with Gasteiger partial charge in [0.1, 0.15) is 5.60 Å². The van der Waals surface area contributed by atoms with Crippen LogP contribution in [0.2, 0.25) is 5.02 Å². The minimum absolute atomic E-state index is 0.0150. The van der Waals surface area contributed by atoms with E-state index in [-0.39, 0.29) is 12.3 Å². The van der Waals surface area contributed by atoms with Gasteiger partial charge in [-0.1, -0.05) is 11.6 Å². The van der Waals surface area contributed by atoms with Crippen molar-refractivity contribution in [3.8, 4) is 0 Å². The number of hydrogen-bond donors (Lipinski definition) is 0. The Morgan fingerprint density at radius 1 is 1.25 bits per heavy atom. The molecule has 0 N–H and O–H groups in total. The van der Waals surface area contributed by atoms with E-state index in [9.17, 15) is 4.79 Å². The van der Waals surface area contributed by atoms with Gasteiger partial charge in [-0.05, 0) is 106 Å². The second-order valence-corrected chi connectivity index (χ2v) is 12.1. The fraction of sp³-hybridized carbons (Fsp3) is 0.704. The quantitative estimate of drug-likeness (QED) is 0.309. The topological polar surface area (TPSA) is 65.8 Å². The Labute approximate surface area is 227 Å². The first-order chi connectivity index (χ1) is 17.2. The highest BCUT2D eigenvalue weighted by Crippen LogP contribution is 2.36. The van der Waals surface area contributed by atoms with Gasteiger partial charge in [0.15, 0.2) is 6.23 Å². The fourth-order valence-electron chi connectivity index (χ4n) is 5.03. The first-order valence-electron chi connectivity index (χ1n) is 13.2. The van der Waals surface area contributed by atoms with Crippen LogP contribution in [0.15, 0.2) is 16.7 Å². The Kier molecular flexibility index (Phi) is 9.58. The van der Waals surface area contributed by atoms with E-state index in [0.717, 1.165) is 97.0 Å². The number of halogens is 2. The van der Waals surface area contributed by atoms with Crippen LogP contribution in [0.5, 0.6) is 0 Å². The molecule has 4 rings (SSSR count). The van der Waals surface area contributed by atoms with Gasteiger partial charge in [-0.25, -0.2) is 9.48 Å². The van der Waals surface area contributed by atoms with Crippen molar-refractivity contribution in [2.45, 2.75) is 84.0 Å². The number of rotatable bonds is 8. The van der Waals surface area contributed by atoms with Gasteiger partial charge < -0.3 is 19.1 Å². The van der Waals surface area contributed by atoms with Crippen molar-refractivity contribution >= 4 is 44.5 Å². The molecule has 7 nitrogen and oxygen atoms in total. The molecule has 2 saturated heterocycles. The summed E-state index contributed by atoms with van der Waals surface area (Å²) in [5.74, 6) is 0.460. The summed E-state index contributed by atoms with van der Waals surface area (Å²) in [5.41, 5.74) is 1.64. The second kappa shape index (κ2) is 12.5. The zero-order chi connectivity index (χ0) is 25.7. The third-order valence-corrected chi connectivity index (χ3v) is 8.12. The highest BCUT2D eigenvalue weighted by Gasteiger charge is 2.27. The van der Waals surface area contributed by atoms with Crippen molar-refractivity contribution in [2.75, 3.05) is 32.9 Å². The Balaban J connectivity index is 1.22. The van der Waals surface area contributed by atoms with E-state index in [1.807, 2.05) is 42.6 Å². The molecule has 2 aliphatic rings. The number of amides is 1. The smallest absolute Gasteiger partial charge is 0.410 e. The predicted octanol–water partition coefficient (Wildman–Crippen LogP) is 7.14. The van der Waals surface area contributed by atoms with Gasteiger partial charge in [0.25, 0.3) is 0 Å². The summed E-state index contributed by atoms with van der Waals surface area (Å²) in [6.45, 7) is 9.41. The van der Waals surface area contributed by atoms with Crippen LogP contribution in [0.3, 0.4) is 0 Å². The van der Waals surface area contributed by atoms with Crippen LogP contribution in [0.1, 0.15) is 77.5 Å². The summed E-state index contributed by atoms with van der Waals surface area (Å²) in [4.78, 5) is 14.2.